The van der Waals surface area contributed by atoms with Crippen LogP contribution in [0.2, 0.25) is 0 Å². The predicted octanol–water partition coefficient (Wildman–Crippen LogP) is 5.48. The Hall–Kier alpha value is -3.59. The van der Waals surface area contributed by atoms with Gasteiger partial charge in [0.1, 0.15) is 29.1 Å². The van der Waals surface area contributed by atoms with Gasteiger partial charge >= 0.3 is 0 Å². The lowest BCUT2D eigenvalue weighted by atomic mass is 10.1. The zero-order valence-corrected chi connectivity index (χ0v) is 15.1. The van der Waals surface area contributed by atoms with E-state index in [0.29, 0.717) is 16.6 Å². The molecule has 29 heavy (non-hydrogen) atoms. The third-order valence-electron chi connectivity index (χ3n) is 4.72. The van der Waals surface area contributed by atoms with Crippen LogP contribution in [0, 0.1) is 35.6 Å². The zero-order chi connectivity index (χ0) is 20.5. The lowest BCUT2D eigenvalue weighted by Gasteiger charge is -2.12. The Balaban J connectivity index is 2.03. The summed E-state index contributed by atoms with van der Waals surface area (Å²) in [4.78, 5) is 4.42. The summed E-state index contributed by atoms with van der Waals surface area (Å²) in [5.74, 6) is -0.714. The van der Waals surface area contributed by atoms with Crippen molar-refractivity contribution in [2.24, 2.45) is 0 Å². The van der Waals surface area contributed by atoms with Gasteiger partial charge in [-0.1, -0.05) is 24.3 Å². The van der Waals surface area contributed by atoms with E-state index in [1.807, 2.05) is 0 Å². The fourth-order valence-corrected chi connectivity index (χ4v) is 3.36. The fourth-order valence-electron chi connectivity index (χ4n) is 3.36. The Labute approximate surface area is 164 Å². The second kappa shape index (κ2) is 7.44. The van der Waals surface area contributed by atoms with Crippen LogP contribution in [-0.2, 0) is 13.0 Å². The molecule has 0 aliphatic rings. The van der Waals surface area contributed by atoms with Crippen molar-refractivity contribution in [3.8, 4) is 23.7 Å². The minimum absolute atomic E-state index is 0.0669. The second-order valence-electron chi connectivity index (χ2n) is 6.48. The third kappa shape index (κ3) is 3.25. The topological polar surface area (TPSA) is 17.8 Å². The van der Waals surface area contributed by atoms with Crippen molar-refractivity contribution in [3.63, 3.8) is 0 Å². The summed E-state index contributed by atoms with van der Waals surface area (Å²) in [5.41, 5.74) is 0.980. The molecule has 2 nitrogen and oxygen atoms in total. The summed E-state index contributed by atoms with van der Waals surface area (Å²) in [6.07, 6.45) is 5.67. The molecule has 0 N–H and O–H groups in total. The molecule has 0 spiro atoms. The molecule has 0 unspecified atom stereocenters. The van der Waals surface area contributed by atoms with Gasteiger partial charge in [0.05, 0.1) is 23.1 Å². The Kier molecular flexibility index (Phi) is 4.81. The van der Waals surface area contributed by atoms with Gasteiger partial charge in [0.25, 0.3) is 0 Å². The van der Waals surface area contributed by atoms with Crippen molar-refractivity contribution in [3.05, 3.63) is 89.0 Å². The van der Waals surface area contributed by atoms with Crippen LogP contribution in [-0.4, -0.2) is 9.55 Å². The molecule has 0 bridgehead atoms. The average molecular weight is 394 g/mol. The normalized spacial score (nSPS) is 11.0. The molecule has 0 radical (unpaired) electrons. The minimum atomic E-state index is -0.825. The van der Waals surface area contributed by atoms with Crippen molar-refractivity contribution in [1.29, 1.82) is 0 Å². The number of para-hydroxylation sites is 1. The number of hydrogen-bond donors (Lipinski definition) is 0. The predicted molar refractivity (Wildman–Crippen MR) is 103 cm³/mol. The molecular weight excluding hydrogens is 380 g/mol. The summed E-state index contributed by atoms with van der Waals surface area (Å²) in [6, 6.07) is 12.1. The summed E-state index contributed by atoms with van der Waals surface area (Å²) >= 11 is 0. The molecule has 0 atom stereocenters. The van der Waals surface area contributed by atoms with Gasteiger partial charge in [0, 0.05) is 12.0 Å². The minimum Gasteiger partial charge on any atom is -0.319 e. The quantitative estimate of drug-likeness (QED) is 0.331. The molecule has 1 aromatic heterocycles. The van der Waals surface area contributed by atoms with Crippen LogP contribution in [0.5, 0.6) is 0 Å². The molecule has 0 aliphatic heterocycles. The first-order valence-corrected chi connectivity index (χ1v) is 8.80. The first-order chi connectivity index (χ1) is 14.0. The van der Waals surface area contributed by atoms with Crippen LogP contribution in [0.3, 0.4) is 0 Å². The van der Waals surface area contributed by atoms with E-state index < -0.39 is 23.3 Å². The van der Waals surface area contributed by atoms with Crippen LogP contribution in [0.4, 0.5) is 17.6 Å². The maximum absolute atomic E-state index is 14.5. The van der Waals surface area contributed by atoms with E-state index in [2.05, 4.69) is 10.9 Å². The highest BCUT2D eigenvalue weighted by molar-refractivity contribution is 5.84. The summed E-state index contributed by atoms with van der Waals surface area (Å²) in [7, 11) is 0. The van der Waals surface area contributed by atoms with Gasteiger partial charge in [0.2, 0.25) is 0 Å². The van der Waals surface area contributed by atoms with Crippen molar-refractivity contribution >= 4 is 11.0 Å². The Morgan fingerprint density at radius 1 is 0.828 bits per heavy atom. The number of rotatable bonds is 4. The number of fused-ring (bicyclic) bond motifs is 1. The maximum atomic E-state index is 14.5. The standard InChI is InChI=1S/C23H14F4N2/c1-2-6-14-7-3-12-20-22(14)28-23(21-18(26)10-5-11-19(21)27)29(20)13-15-16(24)8-4-9-17(15)25/h1,3-5,7-12H,6,13H2. The number of aromatic nitrogens is 2. The molecule has 3 aromatic carbocycles. The molecule has 0 fully saturated rings. The Morgan fingerprint density at radius 2 is 1.41 bits per heavy atom. The fraction of sp³-hybridized carbons (Fsp3) is 0.0870. The van der Waals surface area contributed by atoms with Gasteiger partial charge in [-0.2, -0.15) is 0 Å². The van der Waals surface area contributed by atoms with Crippen molar-refractivity contribution in [2.45, 2.75) is 13.0 Å². The van der Waals surface area contributed by atoms with Crippen LogP contribution in [0.25, 0.3) is 22.4 Å². The smallest absolute Gasteiger partial charge is 0.147 e. The monoisotopic (exact) mass is 394 g/mol. The highest BCUT2D eigenvalue weighted by Gasteiger charge is 2.22. The molecule has 0 saturated carbocycles. The largest absolute Gasteiger partial charge is 0.319 e. The van der Waals surface area contributed by atoms with E-state index in [-0.39, 0.29) is 29.9 Å². The average Bonchev–Trinajstić information content (AvgIpc) is 3.04. The summed E-state index contributed by atoms with van der Waals surface area (Å²) < 4.78 is 59.0. The maximum Gasteiger partial charge on any atom is 0.147 e. The van der Waals surface area contributed by atoms with Crippen LogP contribution < -0.4 is 0 Å². The lowest BCUT2D eigenvalue weighted by molar-refractivity contribution is 0.546. The number of halogens is 4. The van der Waals surface area contributed by atoms with Gasteiger partial charge in [-0.15, -0.1) is 12.3 Å². The number of benzene rings is 3. The number of terminal acetylenes is 1. The van der Waals surface area contributed by atoms with Crippen LogP contribution in [0.15, 0.2) is 54.6 Å². The molecule has 144 valence electrons. The van der Waals surface area contributed by atoms with E-state index in [1.165, 1.54) is 16.7 Å². The highest BCUT2D eigenvalue weighted by Crippen LogP contribution is 2.32. The number of nitrogens with zero attached hydrogens (tertiary/aromatic N) is 2. The van der Waals surface area contributed by atoms with Gasteiger partial charge in [0.15, 0.2) is 0 Å². The van der Waals surface area contributed by atoms with E-state index in [9.17, 15) is 17.6 Å². The molecule has 1 heterocycles. The van der Waals surface area contributed by atoms with Gasteiger partial charge in [-0.25, -0.2) is 22.5 Å². The van der Waals surface area contributed by atoms with E-state index in [4.69, 9.17) is 6.42 Å². The first-order valence-electron chi connectivity index (χ1n) is 8.80. The number of hydrogen-bond acceptors (Lipinski definition) is 1. The summed E-state index contributed by atoms with van der Waals surface area (Å²) in [6.45, 7) is -0.294. The SMILES string of the molecule is C#CCc1cccc2c1nc(-c1c(F)cccc1F)n2Cc1c(F)cccc1F. The van der Waals surface area contributed by atoms with Crippen LogP contribution >= 0.6 is 0 Å². The van der Waals surface area contributed by atoms with Crippen LogP contribution in [0.1, 0.15) is 11.1 Å². The van der Waals surface area contributed by atoms with Gasteiger partial charge < -0.3 is 4.57 Å². The molecule has 0 amide bonds. The molecule has 0 aliphatic carbocycles. The molecule has 6 heteroatoms. The Bertz CT molecular complexity index is 1230. The lowest BCUT2D eigenvalue weighted by Crippen LogP contribution is -2.08. The van der Waals surface area contributed by atoms with Crippen molar-refractivity contribution in [2.75, 3.05) is 0 Å². The molecule has 4 rings (SSSR count). The summed E-state index contributed by atoms with van der Waals surface area (Å²) in [5, 5.41) is 0. The molecular formula is C23H14F4N2. The molecule has 4 aromatic rings. The molecule has 0 saturated heterocycles. The van der Waals surface area contributed by atoms with E-state index in [0.717, 1.165) is 24.3 Å². The first kappa shape index (κ1) is 18.8. The van der Waals surface area contributed by atoms with E-state index >= 15 is 0 Å². The zero-order valence-electron chi connectivity index (χ0n) is 15.1. The number of imidazole rings is 1. The highest BCUT2D eigenvalue weighted by atomic mass is 19.1. The van der Waals surface area contributed by atoms with E-state index in [1.54, 1.807) is 18.2 Å². The second-order valence-corrected chi connectivity index (χ2v) is 6.48. The van der Waals surface area contributed by atoms with Gasteiger partial charge in [-0.05, 0) is 35.9 Å². The third-order valence-corrected chi connectivity index (χ3v) is 4.72. The van der Waals surface area contributed by atoms with Gasteiger partial charge in [-0.3, -0.25) is 0 Å². The Morgan fingerprint density at radius 3 is 2.03 bits per heavy atom. The van der Waals surface area contributed by atoms with Crippen molar-refractivity contribution in [1.82, 2.24) is 9.55 Å². The van der Waals surface area contributed by atoms with Crippen molar-refractivity contribution < 1.29 is 17.6 Å².